The zero-order valence-corrected chi connectivity index (χ0v) is 15.8. The van der Waals surface area contributed by atoms with Crippen LogP contribution in [0, 0.1) is 13.8 Å². The molecule has 4 heteroatoms. The van der Waals surface area contributed by atoms with E-state index in [2.05, 4.69) is 32.2 Å². The van der Waals surface area contributed by atoms with E-state index in [-0.39, 0.29) is 5.91 Å². The quantitative estimate of drug-likeness (QED) is 0.818. The number of rotatable bonds is 6. The van der Waals surface area contributed by atoms with Gasteiger partial charge in [0.1, 0.15) is 11.5 Å². The average Bonchev–Trinajstić information content (AvgIpc) is 2.54. The molecule has 134 valence electrons. The number of amides is 1. The minimum absolute atomic E-state index is 0.213. The standard InChI is InChI=1S/C21H27NO3/c1-13(2)18-9-8-17(12-15(18)4)25-16(5)21(23)22-19-11-14(3)7-10-20(19)24-6/h7-13,16H,1-6H3,(H,22,23). The van der Waals surface area contributed by atoms with Gasteiger partial charge < -0.3 is 14.8 Å². The Hall–Kier alpha value is -2.49. The lowest BCUT2D eigenvalue weighted by Crippen LogP contribution is -2.30. The molecule has 0 aliphatic heterocycles. The summed E-state index contributed by atoms with van der Waals surface area (Å²) in [6.45, 7) is 10.1. The molecule has 1 N–H and O–H groups in total. The molecule has 0 saturated carbocycles. The molecular formula is C21H27NO3. The fourth-order valence-corrected chi connectivity index (χ4v) is 2.78. The third-order valence-corrected chi connectivity index (χ3v) is 4.16. The van der Waals surface area contributed by atoms with Gasteiger partial charge in [0.15, 0.2) is 6.10 Å². The number of carbonyl (C=O) groups is 1. The Kier molecular flexibility index (Phi) is 6.07. The number of carbonyl (C=O) groups excluding carboxylic acids is 1. The van der Waals surface area contributed by atoms with E-state index in [1.54, 1.807) is 14.0 Å². The van der Waals surface area contributed by atoms with Crippen LogP contribution in [0.1, 0.15) is 43.4 Å². The second-order valence-electron chi connectivity index (χ2n) is 6.63. The Morgan fingerprint density at radius 2 is 1.76 bits per heavy atom. The highest BCUT2D eigenvalue weighted by Gasteiger charge is 2.17. The van der Waals surface area contributed by atoms with Crippen molar-refractivity contribution in [3.8, 4) is 11.5 Å². The van der Waals surface area contributed by atoms with Gasteiger partial charge in [0.25, 0.3) is 5.91 Å². The maximum Gasteiger partial charge on any atom is 0.265 e. The number of hydrogen-bond donors (Lipinski definition) is 1. The number of aryl methyl sites for hydroxylation is 2. The SMILES string of the molecule is COc1ccc(C)cc1NC(=O)C(C)Oc1ccc(C(C)C)c(C)c1. The smallest absolute Gasteiger partial charge is 0.265 e. The molecule has 25 heavy (non-hydrogen) atoms. The first-order valence-electron chi connectivity index (χ1n) is 8.54. The summed E-state index contributed by atoms with van der Waals surface area (Å²) in [4.78, 5) is 12.5. The Bertz CT molecular complexity index is 753. The largest absolute Gasteiger partial charge is 0.495 e. The number of ether oxygens (including phenoxy) is 2. The molecule has 2 aromatic rings. The number of anilines is 1. The molecule has 0 fully saturated rings. The predicted octanol–water partition coefficient (Wildman–Crippen LogP) is 4.84. The van der Waals surface area contributed by atoms with Crippen molar-refractivity contribution in [1.82, 2.24) is 0 Å². The average molecular weight is 341 g/mol. The van der Waals surface area contributed by atoms with Gasteiger partial charge in [0.05, 0.1) is 12.8 Å². The zero-order chi connectivity index (χ0) is 18.6. The molecule has 2 aromatic carbocycles. The first-order valence-corrected chi connectivity index (χ1v) is 8.54. The summed E-state index contributed by atoms with van der Waals surface area (Å²) >= 11 is 0. The van der Waals surface area contributed by atoms with Crippen LogP contribution in [0.4, 0.5) is 5.69 Å². The molecule has 0 aromatic heterocycles. The summed E-state index contributed by atoms with van der Waals surface area (Å²) < 4.78 is 11.1. The lowest BCUT2D eigenvalue weighted by atomic mass is 9.98. The zero-order valence-electron chi connectivity index (χ0n) is 15.8. The van der Waals surface area contributed by atoms with Crippen molar-refractivity contribution in [3.05, 3.63) is 53.1 Å². The molecule has 0 saturated heterocycles. The number of nitrogens with one attached hydrogen (secondary N) is 1. The summed E-state index contributed by atoms with van der Waals surface area (Å²) in [7, 11) is 1.58. The highest BCUT2D eigenvalue weighted by atomic mass is 16.5. The van der Waals surface area contributed by atoms with E-state index in [1.165, 1.54) is 11.1 Å². The van der Waals surface area contributed by atoms with Crippen LogP contribution >= 0.6 is 0 Å². The first-order chi connectivity index (χ1) is 11.8. The molecule has 1 unspecified atom stereocenters. The van der Waals surface area contributed by atoms with E-state index in [0.29, 0.717) is 23.1 Å². The van der Waals surface area contributed by atoms with Gasteiger partial charge in [0, 0.05) is 0 Å². The van der Waals surface area contributed by atoms with Gasteiger partial charge in [-0.1, -0.05) is 26.0 Å². The lowest BCUT2D eigenvalue weighted by Gasteiger charge is -2.18. The summed E-state index contributed by atoms with van der Waals surface area (Å²) in [5, 5.41) is 2.88. The Morgan fingerprint density at radius 1 is 1.04 bits per heavy atom. The molecule has 4 nitrogen and oxygen atoms in total. The van der Waals surface area contributed by atoms with Crippen LogP contribution in [0.25, 0.3) is 0 Å². The maximum absolute atomic E-state index is 12.5. The molecule has 0 spiro atoms. The molecule has 0 radical (unpaired) electrons. The van der Waals surface area contributed by atoms with E-state index in [4.69, 9.17) is 9.47 Å². The van der Waals surface area contributed by atoms with Gasteiger partial charge >= 0.3 is 0 Å². The molecule has 2 rings (SSSR count). The van der Waals surface area contributed by atoms with Crippen molar-refractivity contribution in [3.63, 3.8) is 0 Å². The second kappa shape index (κ2) is 8.06. The molecular weight excluding hydrogens is 314 g/mol. The predicted molar refractivity (Wildman–Crippen MR) is 102 cm³/mol. The topological polar surface area (TPSA) is 47.6 Å². The van der Waals surface area contributed by atoms with E-state index >= 15 is 0 Å². The summed E-state index contributed by atoms with van der Waals surface area (Å²) in [6.07, 6.45) is -0.616. The summed E-state index contributed by atoms with van der Waals surface area (Å²) in [6, 6.07) is 11.6. The van der Waals surface area contributed by atoms with E-state index < -0.39 is 6.10 Å². The fraction of sp³-hybridized carbons (Fsp3) is 0.381. The van der Waals surface area contributed by atoms with E-state index in [1.807, 2.05) is 37.3 Å². The molecule has 1 amide bonds. The van der Waals surface area contributed by atoms with Gasteiger partial charge in [-0.25, -0.2) is 0 Å². The van der Waals surface area contributed by atoms with Gasteiger partial charge in [-0.2, -0.15) is 0 Å². The second-order valence-corrected chi connectivity index (χ2v) is 6.63. The van der Waals surface area contributed by atoms with Crippen molar-refractivity contribution in [2.45, 2.75) is 46.6 Å². The molecule has 0 heterocycles. The van der Waals surface area contributed by atoms with E-state index in [0.717, 1.165) is 5.56 Å². The van der Waals surface area contributed by atoms with Gasteiger partial charge in [0.2, 0.25) is 0 Å². The lowest BCUT2D eigenvalue weighted by molar-refractivity contribution is -0.122. The van der Waals surface area contributed by atoms with Crippen molar-refractivity contribution < 1.29 is 14.3 Å². The maximum atomic E-state index is 12.5. The van der Waals surface area contributed by atoms with Crippen LogP contribution in [0.2, 0.25) is 0 Å². The van der Waals surface area contributed by atoms with Gasteiger partial charge in [-0.15, -0.1) is 0 Å². The van der Waals surface area contributed by atoms with Crippen molar-refractivity contribution in [1.29, 1.82) is 0 Å². The Morgan fingerprint density at radius 3 is 2.36 bits per heavy atom. The van der Waals surface area contributed by atoms with Crippen LogP contribution < -0.4 is 14.8 Å². The van der Waals surface area contributed by atoms with Crippen LogP contribution in [0.3, 0.4) is 0 Å². The first kappa shape index (κ1) is 18.8. The van der Waals surface area contributed by atoms with Crippen molar-refractivity contribution in [2.24, 2.45) is 0 Å². The van der Waals surface area contributed by atoms with Gasteiger partial charge in [-0.3, -0.25) is 4.79 Å². The molecule has 1 atom stereocenters. The Labute approximate surface area is 150 Å². The van der Waals surface area contributed by atoms with Crippen LogP contribution in [0.5, 0.6) is 11.5 Å². The summed E-state index contributed by atoms with van der Waals surface area (Å²) in [5.41, 5.74) is 4.15. The Balaban J connectivity index is 2.08. The fourth-order valence-electron chi connectivity index (χ4n) is 2.78. The normalized spacial score (nSPS) is 12.0. The molecule has 0 aliphatic carbocycles. The van der Waals surface area contributed by atoms with Crippen molar-refractivity contribution >= 4 is 11.6 Å². The van der Waals surface area contributed by atoms with E-state index in [9.17, 15) is 4.79 Å². The van der Waals surface area contributed by atoms with Crippen molar-refractivity contribution in [2.75, 3.05) is 12.4 Å². The minimum atomic E-state index is -0.616. The third-order valence-electron chi connectivity index (χ3n) is 4.16. The van der Waals surface area contributed by atoms with Crippen LogP contribution in [-0.2, 0) is 4.79 Å². The molecule has 0 bridgehead atoms. The monoisotopic (exact) mass is 341 g/mol. The highest BCUT2D eigenvalue weighted by molar-refractivity contribution is 5.95. The van der Waals surface area contributed by atoms with Crippen LogP contribution in [-0.4, -0.2) is 19.1 Å². The van der Waals surface area contributed by atoms with Gasteiger partial charge in [-0.05, 0) is 67.6 Å². The third kappa shape index (κ3) is 4.75. The number of benzene rings is 2. The highest BCUT2D eigenvalue weighted by Crippen LogP contribution is 2.26. The minimum Gasteiger partial charge on any atom is -0.495 e. The number of hydrogen-bond acceptors (Lipinski definition) is 3. The van der Waals surface area contributed by atoms with Crippen LogP contribution in [0.15, 0.2) is 36.4 Å². The summed E-state index contributed by atoms with van der Waals surface area (Å²) in [5.74, 6) is 1.57. The molecule has 0 aliphatic rings. The number of methoxy groups -OCH3 is 1.